The molecule has 0 spiro atoms. The maximum Gasteiger partial charge on any atom is 0.410 e. The molecule has 12 heteroatoms. The SMILES string of the molecule is CCCc1ccc2c(N)c(C(=O)NCCc3ccc(N4CCOC(C(=O)N5CCN(C(=O)OC(C)(C)C)CC5)C4)cc3)sc2n1. The minimum absolute atomic E-state index is 0.0487. The fourth-order valence-corrected chi connectivity index (χ4v) is 6.58. The van der Waals surface area contributed by atoms with E-state index < -0.39 is 11.7 Å². The Balaban J connectivity index is 1.09. The Hall–Kier alpha value is -3.90. The maximum atomic E-state index is 13.3. The number of benzene rings is 1. The molecule has 0 bridgehead atoms. The topological polar surface area (TPSA) is 130 Å². The van der Waals surface area contributed by atoms with Crippen LogP contribution in [0.3, 0.4) is 0 Å². The molecule has 45 heavy (non-hydrogen) atoms. The van der Waals surface area contributed by atoms with E-state index in [4.69, 9.17) is 15.2 Å². The first-order valence-electron chi connectivity index (χ1n) is 15.7. The average molecular weight is 637 g/mol. The largest absolute Gasteiger partial charge is 0.444 e. The predicted molar refractivity (Wildman–Crippen MR) is 177 cm³/mol. The Morgan fingerprint density at radius 3 is 2.42 bits per heavy atom. The van der Waals surface area contributed by atoms with E-state index in [-0.39, 0.29) is 17.9 Å². The number of carbonyl (C=O) groups excluding carboxylic acids is 3. The molecule has 2 aliphatic heterocycles. The van der Waals surface area contributed by atoms with Gasteiger partial charge in [0.05, 0.1) is 18.8 Å². The molecule has 3 N–H and O–H groups in total. The molecular formula is C33H44N6O5S. The van der Waals surface area contributed by atoms with Crippen LogP contribution in [0.2, 0.25) is 0 Å². The first-order chi connectivity index (χ1) is 21.5. The smallest absolute Gasteiger partial charge is 0.410 e. The Bertz CT molecular complexity index is 1510. The third-order valence-corrected chi connectivity index (χ3v) is 9.06. The first-order valence-corrected chi connectivity index (χ1v) is 16.5. The lowest BCUT2D eigenvalue weighted by Gasteiger charge is -2.39. The molecule has 1 atom stereocenters. The van der Waals surface area contributed by atoms with E-state index in [0.717, 1.165) is 40.0 Å². The zero-order valence-corrected chi connectivity index (χ0v) is 27.5. The molecule has 1 unspecified atom stereocenters. The number of nitrogen functional groups attached to an aromatic ring is 1. The minimum atomic E-state index is -0.559. The van der Waals surface area contributed by atoms with Gasteiger partial charge >= 0.3 is 6.09 Å². The molecule has 3 amide bonds. The Morgan fingerprint density at radius 1 is 1.02 bits per heavy atom. The molecule has 11 nitrogen and oxygen atoms in total. The highest BCUT2D eigenvalue weighted by atomic mass is 32.1. The van der Waals surface area contributed by atoms with Crippen molar-refractivity contribution in [3.8, 4) is 0 Å². The van der Waals surface area contributed by atoms with Gasteiger partial charge in [0, 0.05) is 56.0 Å². The van der Waals surface area contributed by atoms with Gasteiger partial charge < -0.3 is 35.2 Å². The van der Waals surface area contributed by atoms with Crippen molar-refractivity contribution in [2.75, 3.05) is 63.1 Å². The summed E-state index contributed by atoms with van der Waals surface area (Å²) in [5, 5.41) is 3.83. The average Bonchev–Trinajstić information content (AvgIpc) is 3.36. The second-order valence-electron chi connectivity index (χ2n) is 12.5. The molecule has 0 radical (unpaired) electrons. The molecule has 4 heterocycles. The number of fused-ring (bicyclic) bond motifs is 1. The zero-order chi connectivity index (χ0) is 32.1. The number of nitrogens with two attached hydrogens (primary N) is 1. The number of anilines is 2. The number of rotatable bonds is 8. The van der Waals surface area contributed by atoms with E-state index in [1.807, 2.05) is 45.0 Å². The summed E-state index contributed by atoms with van der Waals surface area (Å²) < 4.78 is 11.3. The summed E-state index contributed by atoms with van der Waals surface area (Å²) in [6.45, 7) is 11.5. The molecular weight excluding hydrogens is 592 g/mol. The van der Waals surface area contributed by atoms with Crippen LogP contribution in [-0.4, -0.2) is 96.8 Å². The Labute approximate surface area is 268 Å². The lowest BCUT2D eigenvalue weighted by atomic mass is 10.1. The standard InChI is InChI=1S/C33H44N6O5S/c1-5-6-23-9-12-25-27(34)28(45-30(25)36-23)29(40)35-14-13-22-7-10-24(11-8-22)39-19-20-43-26(21-39)31(41)37-15-17-38(18-16-37)32(42)44-33(2,3)4/h7-12,26H,5-6,13-21,34H2,1-4H3,(H,35,40). The number of nitrogens with zero attached hydrogens (tertiary/aromatic N) is 4. The molecule has 0 saturated carbocycles. The summed E-state index contributed by atoms with van der Waals surface area (Å²) in [4.78, 5) is 50.1. The Morgan fingerprint density at radius 2 is 1.73 bits per heavy atom. The Kier molecular flexibility index (Phi) is 10.1. The van der Waals surface area contributed by atoms with Crippen LogP contribution in [0, 0.1) is 0 Å². The molecule has 242 valence electrons. The van der Waals surface area contributed by atoms with Crippen LogP contribution in [0.1, 0.15) is 55.0 Å². The molecule has 2 aliphatic rings. The monoisotopic (exact) mass is 636 g/mol. The van der Waals surface area contributed by atoms with Crippen molar-refractivity contribution in [1.29, 1.82) is 0 Å². The number of thiophene rings is 1. The second-order valence-corrected chi connectivity index (χ2v) is 13.5. The number of nitrogens with one attached hydrogen (secondary N) is 1. The fourth-order valence-electron chi connectivity index (χ4n) is 5.55. The number of morpholine rings is 1. The number of carbonyl (C=O) groups is 3. The molecule has 5 rings (SSSR count). The number of aryl methyl sites for hydroxylation is 1. The van der Waals surface area contributed by atoms with Crippen LogP contribution >= 0.6 is 11.3 Å². The van der Waals surface area contributed by atoms with Gasteiger partial charge in [-0.25, -0.2) is 9.78 Å². The van der Waals surface area contributed by atoms with Gasteiger partial charge in [-0.15, -0.1) is 11.3 Å². The summed E-state index contributed by atoms with van der Waals surface area (Å²) in [5.41, 5.74) is 9.35. The molecule has 1 aromatic carbocycles. The summed E-state index contributed by atoms with van der Waals surface area (Å²) in [6, 6.07) is 12.1. The van der Waals surface area contributed by atoms with Gasteiger partial charge in [-0.2, -0.15) is 0 Å². The number of hydrogen-bond acceptors (Lipinski definition) is 9. The van der Waals surface area contributed by atoms with Crippen molar-refractivity contribution in [2.45, 2.75) is 58.7 Å². The number of aromatic nitrogens is 1. The van der Waals surface area contributed by atoms with Crippen LogP contribution < -0.4 is 16.0 Å². The van der Waals surface area contributed by atoms with Crippen molar-refractivity contribution in [3.05, 3.63) is 52.5 Å². The van der Waals surface area contributed by atoms with Crippen LogP contribution in [0.4, 0.5) is 16.2 Å². The number of ether oxygens (including phenoxy) is 2. The first kappa shape index (κ1) is 32.5. The van der Waals surface area contributed by atoms with Gasteiger partial charge in [0.2, 0.25) is 0 Å². The molecule has 2 aromatic heterocycles. The molecule has 2 fully saturated rings. The summed E-state index contributed by atoms with van der Waals surface area (Å²) in [5.74, 6) is -0.230. The third kappa shape index (κ3) is 8.04. The minimum Gasteiger partial charge on any atom is -0.444 e. The number of pyridine rings is 1. The van der Waals surface area contributed by atoms with E-state index in [2.05, 4.69) is 34.3 Å². The van der Waals surface area contributed by atoms with Gasteiger partial charge in [0.1, 0.15) is 15.3 Å². The zero-order valence-electron chi connectivity index (χ0n) is 26.6. The summed E-state index contributed by atoms with van der Waals surface area (Å²) in [6.07, 6.45) is 1.68. The summed E-state index contributed by atoms with van der Waals surface area (Å²) >= 11 is 1.34. The fraction of sp³-hybridized carbons (Fsp3) is 0.515. The molecule has 2 saturated heterocycles. The normalized spacial score (nSPS) is 17.4. The highest BCUT2D eigenvalue weighted by molar-refractivity contribution is 7.21. The molecule has 0 aliphatic carbocycles. The number of hydrogen-bond donors (Lipinski definition) is 2. The lowest BCUT2D eigenvalue weighted by molar-refractivity contribution is -0.146. The number of piperazine rings is 1. The second kappa shape index (κ2) is 14.0. The highest BCUT2D eigenvalue weighted by Gasteiger charge is 2.34. The van der Waals surface area contributed by atoms with E-state index in [1.54, 1.807) is 9.80 Å². The molecule has 3 aromatic rings. The summed E-state index contributed by atoms with van der Waals surface area (Å²) in [7, 11) is 0. The number of amides is 3. The quantitative estimate of drug-likeness (QED) is 0.378. The van der Waals surface area contributed by atoms with Gasteiger partial charge in [0.15, 0.2) is 6.10 Å². The van der Waals surface area contributed by atoms with Crippen LogP contribution in [-0.2, 0) is 27.1 Å². The van der Waals surface area contributed by atoms with Gasteiger partial charge in [0.25, 0.3) is 11.8 Å². The van der Waals surface area contributed by atoms with Gasteiger partial charge in [-0.3, -0.25) is 9.59 Å². The predicted octanol–water partition coefficient (Wildman–Crippen LogP) is 4.09. The van der Waals surface area contributed by atoms with Crippen molar-refractivity contribution in [3.63, 3.8) is 0 Å². The van der Waals surface area contributed by atoms with Gasteiger partial charge in [-0.1, -0.05) is 25.5 Å². The van der Waals surface area contributed by atoms with Crippen LogP contribution in [0.25, 0.3) is 10.2 Å². The lowest BCUT2D eigenvalue weighted by Crippen LogP contribution is -2.57. The highest BCUT2D eigenvalue weighted by Crippen LogP contribution is 2.32. The van der Waals surface area contributed by atoms with Crippen LogP contribution in [0.15, 0.2) is 36.4 Å². The third-order valence-electron chi connectivity index (χ3n) is 7.95. The van der Waals surface area contributed by atoms with E-state index in [9.17, 15) is 14.4 Å². The maximum absolute atomic E-state index is 13.3. The van der Waals surface area contributed by atoms with E-state index in [0.29, 0.717) is 69.4 Å². The van der Waals surface area contributed by atoms with Crippen molar-refractivity contribution in [2.24, 2.45) is 0 Å². The van der Waals surface area contributed by atoms with E-state index in [1.165, 1.54) is 11.3 Å². The van der Waals surface area contributed by atoms with E-state index >= 15 is 0 Å². The van der Waals surface area contributed by atoms with Crippen molar-refractivity contribution >= 4 is 50.8 Å². The van der Waals surface area contributed by atoms with Crippen molar-refractivity contribution < 1.29 is 23.9 Å². The van der Waals surface area contributed by atoms with Crippen LogP contribution in [0.5, 0.6) is 0 Å². The van der Waals surface area contributed by atoms with Gasteiger partial charge in [-0.05, 0) is 63.4 Å². The van der Waals surface area contributed by atoms with Crippen molar-refractivity contribution in [1.82, 2.24) is 20.1 Å².